The summed E-state index contributed by atoms with van der Waals surface area (Å²) in [5.41, 5.74) is 1.72. The van der Waals surface area contributed by atoms with Crippen LogP contribution in [0.25, 0.3) is 10.9 Å². The van der Waals surface area contributed by atoms with E-state index in [1.54, 1.807) is 12.1 Å². The van der Waals surface area contributed by atoms with Gasteiger partial charge in [0.2, 0.25) is 5.56 Å². The Kier molecular flexibility index (Phi) is 8.50. The zero-order valence-corrected chi connectivity index (χ0v) is 22.2. The average molecular weight is 536 g/mol. The molecular weight excluding hydrogens is 498 g/mol. The molecule has 9 heteroatoms. The fourth-order valence-electron chi connectivity index (χ4n) is 6.40. The molecule has 5 rings (SSSR count). The molecule has 2 aromatic carbocycles. The number of carbonyl (C=O) groups excluding carboxylic acids is 1. The lowest BCUT2D eigenvalue weighted by atomic mass is 9.94. The first-order chi connectivity index (χ1) is 18.9. The molecule has 208 valence electrons. The van der Waals surface area contributed by atoms with Crippen molar-refractivity contribution in [3.05, 3.63) is 70.0 Å². The molecule has 0 radical (unpaired) electrons. The summed E-state index contributed by atoms with van der Waals surface area (Å²) in [5.74, 6) is 1.77. The number of aliphatic hydroxyl groups is 1. The molecule has 1 aromatic heterocycles. The molecule has 39 heavy (non-hydrogen) atoms. The fourth-order valence-corrected chi connectivity index (χ4v) is 6.40. The highest BCUT2D eigenvalue weighted by Crippen LogP contribution is 2.48. The first-order valence-electron chi connectivity index (χ1n) is 13.7. The number of benzene rings is 2. The normalized spacial score (nSPS) is 22.8. The summed E-state index contributed by atoms with van der Waals surface area (Å²) in [6, 6.07) is 14.5. The van der Waals surface area contributed by atoms with E-state index in [2.05, 4.69) is 22.2 Å². The van der Waals surface area contributed by atoms with Crippen molar-refractivity contribution >= 4 is 17.4 Å². The number of H-pyrrole nitrogens is 1. The number of aromatic amines is 1. The van der Waals surface area contributed by atoms with Crippen LogP contribution in [0.3, 0.4) is 0 Å². The maximum atomic E-state index is 11.6. The molecule has 1 heterocycles. The molecule has 2 bridgehead atoms. The SMILES string of the molecule is CN(CCCOc1ccc(CNC[C@@H](O)c2ccc(O)c3[nH]c(=O)ccc23)cc1)[C@H]1C[C@@H]2CC[C@H]1[C@@H]2OC=O. The lowest BCUT2D eigenvalue weighted by Gasteiger charge is -2.31. The number of aliphatic hydroxyl groups excluding tert-OH is 1. The van der Waals surface area contributed by atoms with E-state index in [-0.39, 0.29) is 17.4 Å². The van der Waals surface area contributed by atoms with Crippen LogP contribution in [0.2, 0.25) is 0 Å². The van der Waals surface area contributed by atoms with Crippen LogP contribution in [0.4, 0.5) is 0 Å². The van der Waals surface area contributed by atoms with Gasteiger partial charge in [-0.15, -0.1) is 0 Å². The maximum Gasteiger partial charge on any atom is 0.293 e. The third-order valence-corrected chi connectivity index (χ3v) is 8.35. The van der Waals surface area contributed by atoms with Gasteiger partial charge in [0.05, 0.1) is 18.2 Å². The Balaban J connectivity index is 1.03. The number of aromatic nitrogens is 1. The molecule has 0 spiro atoms. The van der Waals surface area contributed by atoms with E-state index in [1.807, 2.05) is 24.3 Å². The highest BCUT2D eigenvalue weighted by molar-refractivity contribution is 5.87. The number of aromatic hydroxyl groups is 1. The third-order valence-electron chi connectivity index (χ3n) is 8.35. The van der Waals surface area contributed by atoms with Gasteiger partial charge >= 0.3 is 0 Å². The standard InChI is InChI=1S/C30H37N3O6/c1-33(25-15-20-5-8-24(25)30(20)39-18-34)13-2-14-38-21-6-3-19(4-7-21)16-31-17-27(36)22-9-11-26(35)29-23(22)10-12-28(37)32-29/h3-4,6-7,9-12,18,20,24-25,27,30-31,35-36H,2,5,8,13-17H2,1H3,(H,32,37)/t20-,24+,25-,27+,30+/m0/s1. The first-order valence-corrected chi connectivity index (χ1v) is 13.7. The van der Waals surface area contributed by atoms with Crippen LogP contribution in [0, 0.1) is 11.8 Å². The van der Waals surface area contributed by atoms with Crippen molar-refractivity contribution in [3.8, 4) is 11.5 Å². The Morgan fingerprint density at radius 2 is 1.97 bits per heavy atom. The molecule has 3 aromatic rings. The van der Waals surface area contributed by atoms with Crippen molar-refractivity contribution in [1.29, 1.82) is 0 Å². The zero-order valence-electron chi connectivity index (χ0n) is 22.2. The van der Waals surface area contributed by atoms with Crippen molar-refractivity contribution in [2.75, 3.05) is 26.7 Å². The molecule has 9 nitrogen and oxygen atoms in total. The van der Waals surface area contributed by atoms with E-state index >= 15 is 0 Å². The van der Waals surface area contributed by atoms with E-state index < -0.39 is 6.10 Å². The number of ether oxygens (including phenoxy) is 2. The second-order valence-electron chi connectivity index (χ2n) is 10.8. The molecule has 0 amide bonds. The van der Waals surface area contributed by atoms with E-state index in [4.69, 9.17) is 9.47 Å². The molecule has 2 aliphatic rings. The summed E-state index contributed by atoms with van der Waals surface area (Å²) in [4.78, 5) is 27.5. The summed E-state index contributed by atoms with van der Waals surface area (Å²) in [6.45, 7) is 3.08. The van der Waals surface area contributed by atoms with E-state index in [1.165, 1.54) is 18.6 Å². The van der Waals surface area contributed by atoms with Gasteiger partial charge in [-0.1, -0.05) is 18.2 Å². The second kappa shape index (κ2) is 12.2. The number of phenolic OH excluding ortho intramolecular Hbond substituents is 1. The second-order valence-corrected chi connectivity index (χ2v) is 10.8. The number of phenols is 1. The molecule has 4 N–H and O–H groups in total. The number of hydrogen-bond acceptors (Lipinski definition) is 8. The van der Waals surface area contributed by atoms with E-state index in [0.717, 1.165) is 37.1 Å². The molecule has 2 aliphatic carbocycles. The third kappa shape index (κ3) is 6.11. The van der Waals surface area contributed by atoms with Crippen LogP contribution in [0.1, 0.15) is 42.9 Å². The van der Waals surface area contributed by atoms with Crippen LogP contribution in [-0.4, -0.2) is 65.5 Å². The van der Waals surface area contributed by atoms with Gasteiger partial charge in [0, 0.05) is 43.0 Å². The van der Waals surface area contributed by atoms with Crippen LogP contribution in [0.15, 0.2) is 53.3 Å². The minimum Gasteiger partial charge on any atom is -0.506 e. The lowest BCUT2D eigenvalue weighted by molar-refractivity contribution is -0.135. The van der Waals surface area contributed by atoms with Crippen molar-refractivity contribution in [3.63, 3.8) is 0 Å². The largest absolute Gasteiger partial charge is 0.506 e. The summed E-state index contributed by atoms with van der Waals surface area (Å²) in [6.07, 6.45) is 3.64. The Morgan fingerprint density at radius 3 is 2.77 bits per heavy atom. The van der Waals surface area contributed by atoms with Gasteiger partial charge in [-0.2, -0.15) is 0 Å². The van der Waals surface area contributed by atoms with Crippen LogP contribution in [-0.2, 0) is 16.1 Å². The number of nitrogens with one attached hydrogen (secondary N) is 2. The highest BCUT2D eigenvalue weighted by atomic mass is 16.5. The molecule has 0 unspecified atom stereocenters. The van der Waals surface area contributed by atoms with Crippen LogP contribution < -0.4 is 15.6 Å². The van der Waals surface area contributed by atoms with Gasteiger partial charge in [-0.05, 0) is 74.0 Å². The monoisotopic (exact) mass is 535 g/mol. The van der Waals surface area contributed by atoms with Gasteiger partial charge in [0.1, 0.15) is 17.6 Å². The first kappa shape index (κ1) is 27.2. The van der Waals surface area contributed by atoms with Gasteiger partial charge in [0.25, 0.3) is 6.47 Å². The zero-order chi connectivity index (χ0) is 27.4. The predicted molar refractivity (Wildman–Crippen MR) is 148 cm³/mol. The Morgan fingerprint density at radius 1 is 1.15 bits per heavy atom. The number of hydrogen-bond donors (Lipinski definition) is 4. The Labute approximate surface area is 227 Å². The number of rotatable bonds is 13. The topological polar surface area (TPSA) is 124 Å². The smallest absolute Gasteiger partial charge is 0.293 e. The fraction of sp³-hybridized carbons (Fsp3) is 0.467. The van der Waals surface area contributed by atoms with E-state index in [0.29, 0.717) is 60.5 Å². The highest BCUT2D eigenvalue weighted by Gasteiger charge is 2.50. The molecular formula is C30H37N3O6. The Bertz CT molecular complexity index is 1330. The van der Waals surface area contributed by atoms with Crippen molar-refractivity contribution in [2.45, 2.75) is 50.5 Å². The Hall–Kier alpha value is -3.40. The molecule has 0 saturated heterocycles. The minimum atomic E-state index is -0.803. The predicted octanol–water partition coefficient (Wildman–Crippen LogP) is 3.10. The number of fused-ring (bicyclic) bond motifs is 3. The lowest BCUT2D eigenvalue weighted by Crippen LogP contribution is -2.38. The summed E-state index contributed by atoms with van der Waals surface area (Å²) < 4.78 is 11.3. The maximum absolute atomic E-state index is 11.6. The molecule has 5 atom stereocenters. The number of pyridine rings is 1. The summed E-state index contributed by atoms with van der Waals surface area (Å²) in [7, 11) is 2.16. The molecule has 2 saturated carbocycles. The molecule has 2 fully saturated rings. The summed E-state index contributed by atoms with van der Waals surface area (Å²) in [5, 5.41) is 24.6. The van der Waals surface area contributed by atoms with Crippen molar-refractivity contribution < 1.29 is 24.5 Å². The van der Waals surface area contributed by atoms with Crippen LogP contribution in [0.5, 0.6) is 11.5 Å². The van der Waals surface area contributed by atoms with E-state index in [9.17, 15) is 19.8 Å². The molecule has 0 aliphatic heterocycles. The van der Waals surface area contributed by atoms with Crippen molar-refractivity contribution in [2.24, 2.45) is 11.8 Å². The number of nitrogens with zero attached hydrogens (tertiary/aromatic N) is 1. The van der Waals surface area contributed by atoms with Gasteiger partial charge < -0.3 is 34.9 Å². The van der Waals surface area contributed by atoms with Crippen molar-refractivity contribution in [1.82, 2.24) is 15.2 Å². The number of carbonyl (C=O) groups is 1. The van der Waals surface area contributed by atoms with Gasteiger partial charge in [-0.25, -0.2) is 0 Å². The minimum absolute atomic E-state index is 0.0270. The van der Waals surface area contributed by atoms with Crippen LogP contribution >= 0.6 is 0 Å². The van der Waals surface area contributed by atoms with Gasteiger partial charge in [0.15, 0.2) is 0 Å². The average Bonchev–Trinajstić information content (AvgIpc) is 3.49. The van der Waals surface area contributed by atoms with Gasteiger partial charge in [-0.3, -0.25) is 9.59 Å². The quantitative estimate of drug-likeness (QED) is 0.195. The summed E-state index contributed by atoms with van der Waals surface area (Å²) >= 11 is 0.